The molecule has 1 aromatic carbocycles. The second-order valence-corrected chi connectivity index (χ2v) is 6.49. The van der Waals surface area contributed by atoms with Crippen molar-refractivity contribution in [1.29, 1.82) is 0 Å². The van der Waals surface area contributed by atoms with Gasteiger partial charge >= 0.3 is 0 Å². The van der Waals surface area contributed by atoms with E-state index in [-0.39, 0.29) is 6.54 Å². The van der Waals surface area contributed by atoms with Gasteiger partial charge in [0.15, 0.2) is 0 Å². The van der Waals surface area contributed by atoms with Crippen molar-refractivity contribution >= 4 is 11.7 Å². The Morgan fingerprint density at radius 3 is 2.58 bits per heavy atom. The third kappa shape index (κ3) is 3.50. The molecule has 1 aliphatic heterocycles. The van der Waals surface area contributed by atoms with Gasteiger partial charge in [0.1, 0.15) is 11.6 Å². The normalized spacial score (nSPS) is 15.5. The van der Waals surface area contributed by atoms with Crippen LogP contribution in [-0.4, -0.2) is 32.8 Å². The molecule has 136 valence electrons. The Balaban J connectivity index is 1.60. The standard InChI is InChI=1S/C18H19F2N5O/c1-11-6-16(13-2-4-26-5-3-13)25-18(22-11)23-17(24-25)21-10-12-7-14(19)9-15(20)8-12/h6-9,13H,2-5,10H2,1H3,(H,21,24). The molecule has 0 atom stereocenters. The summed E-state index contributed by atoms with van der Waals surface area (Å²) in [5, 5.41) is 7.51. The number of anilines is 1. The van der Waals surface area contributed by atoms with Crippen LogP contribution in [0.3, 0.4) is 0 Å². The van der Waals surface area contributed by atoms with Gasteiger partial charge in [-0.3, -0.25) is 0 Å². The molecule has 0 amide bonds. The van der Waals surface area contributed by atoms with Crippen LogP contribution in [0.5, 0.6) is 0 Å². The molecule has 0 bridgehead atoms. The summed E-state index contributed by atoms with van der Waals surface area (Å²) in [7, 11) is 0. The Morgan fingerprint density at radius 2 is 1.85 bits per heavy atom. The molecule has 2 aromatic heterocycles. The van der Waals surface area contributed by atoms with Gasteiger partial charge in [0, 0.05) is 37.4 Å². The van der Waals surface area contributed by atoms with Crippen molar-refractivity contribution in [1.82, 2.24) is 19.6 Å². The second kappa shape index (κ2) is 6.95. The van der Waals surface area contributed by atoms with Crippen molar-refractivity contribution in [3.63, 3.8) is 0 Å². The molecule has 3 aromatic rings. The van der Waals surface area contributed by atoms with E-state index >= 15 is 0 Å². The molecular weight excluding hydrogens is 340 g/mol. The van der Waals surface area contributed by atoms with Crippen LogP contribution in [0.25, 0.3) is 5.78 Å². The molecular formula is C18H19F2N5O. The van der Waals surface area contributed by atoms with Gasteiger partial charge in [-0.25, -0.2) is 13.8 Å². The van der Waals surface area contributed by atoms with Crippen LogP contribution in [0, 0.1) is 18.6 Å². The fourth-order valence-corrected chi connectivity index (χ4v) is 3.27. The number of fused-ring (bicyclic) bond motifs is 1. The number of nitrogens with zero attached hydrogens (tertiary/aromatic N) is 4. The zero-order valence-electron chi connectivity index (χ0n) is 14.4. The Kier molecular flexibility index (Phi) is 4.50. The summed E-state index contributed by atoms with van der Waals surface area (Å²) in [5.41, 5.74) is 2.42. The lowest BCUT2D eigenvalue weighted by Gasteiger charge is -2.22. The van der Waals surface area contributed by atoms with Crippen molar-refractivity contribution in [3.05, 3.63) is 52.9 Å². The minimum absolute atomic E-state index is 0.219. The van der Waals surface area contributed by atoms with Crippen LogP contribution in [0.1, 0.15) is 35.7 Å². The largest absolute Gasteiger partial charge is 0.381 e. The molecule has 8 heteroatoms. The molecule has 1 aliphatic rings. The molecule has 3 heterocycles. The fraction of sp³-hybridized carbons (Fsp3) is 0.389. The summed E-state index contributed by atoms with van der Waals surface area (Å²) in [4.78, 5) is 8.83. The minimum Gasteiger partial charge on any atom is -0.381 e. The van der Waals surface area contributed by atoms with E-state index in [4.69, 9.17) is 4.74 Å². The maximum atomic E-state index is 13.3. The summed E-state index contributed by atoms with van der Waals surface area (Å²) in [6.45, 7) is 3.62. The first-order chi connectivity index (χ1) is 12.6. The van der Waals surface area contributed by atoms with Crippen molar-refractivity contribution in [3.8, 4) is 0 Å². The Hall–Kier alpha value is -2.61. The number of halogens is 2. The van der Waals surface area contributed by atoms with E-state index in [0.717, 1.165) is 43.5 Å². The molecule has 1 fully saturated rings. The zero-order valence-corrected chi connectivity index (χ0v) is 14.4. The van der Waals surface area contributed by atoms with Crippen LogP contribution in [0.4, 0.5) is 14.7 Å². The van der Waals surface area contributed by atoms with Gasteiger partial charge in [0.05, 0.1) is 5.69 Å². The highest BCUT2D eigenvalue weighted by Gasteiger charge is 2.21. The summed E-state index contributed by atoms with van der Waals surface area (Å²) in [6, 6.07) is 5.44. The topological polar surface area (TPSA) is 64.3 Å². The minimum atomic E-state index is -0.608. The number of rotatable bonds is 4. The molecule has 1 N–H and O–H groups in total. The first-order valence-electron chi connectivity index (χ1n) is 8.59. The summed E-state index contributed by atoms with van der Waals surface area (Å²) >= 11 is 0. The van der Waals surface area contributed by atoms with Gasteiger partial charge in [-0.2, -0.15) is 9.50 Å². The van der Waals surface area contributed by atoms with Crippen molar-refractivity contribution in [2.24, 2.45) is 0 Å². The summed E-state index contributed by atoms with van der Waals surface area (Å²) < 4.78 is 33.8. The van der Waals surface area contributed by atoms with E-state index in [2.05, 4.69) is 20.4 Å². The number of hydrogen-bond donors (Lipinski definition) is 1. The SMILES string of the molecule is Cc1cc(C2CCOCC2)n2nc(NCc3cc(F)cc(F)c3)nc2n1. The Labute approximate surface area is 149 Å². The van der Waals surface area contributed by atoms with Crippen molar-refractivity contribution in [2.75, 3.05) is 18.5 Å². The molecule has 6 nitrogen and oxygen atoms in total. The third-order valence-corrected chi connectivity index (χ3v) is 4.48. The monoisotopic (exact) mass is 359 g/mol. The quantitative estimate of drug-likeness (QED) is 0.775. The highest BCUT2D eigenvalue weighted by molar-refractivity contribution is 5.40. The van der Waals surface area contributed by atoms with Gasteiger partial charge in [-0.15, -0.1) is 5.10 Å². The first kappa shape index (κ1) is 16.8. The molecule has 0 spiro atoms. The predicted octanol–water partition coefficient (Wildman–Crippen LogP) is 3.22. The van der Waals surface area contributed by atoms with E-state index < -0.39 is 11.6 Å². The first-order valence-corrected chi connectivity index (χ1v) is 8.59. The molecule has 4 rings (SSSR count). The van der Waals surface area contributed by atoms with Crippen molar-refractivity contribution < 1.29 is 13.5 Å². The molecule has 0 radical (unpaired) electrons. The average molecular weight is 359 g/mol. The van der Waals surface area contributed by atoms with E-state index in [9.17, 15) is 8.78 Å². The average Bonchev–Trinajstić information content (AvgIpc) is 3.02. The molecule has 26 heavy (non-hydrogen) atoms. The Morgan fingerprint density at radius 1 is 1.12 bits per heavy atom. The van der Waals surface area contributed by atoms with Gasteiger partial charge in [-0.1, -0.05) is 0 Å². The lowest BCUT2D eigenvalue weighted by Crippen LogP contribution is -2.17. The van der Waals surface area contributed by atoms with Crippen LogP contribution in [0.15, 0.2) is 24.3 Å². The highest BCUT2D eigenvalue weighted by atomic mass is 19.1. The van der Waals surface area contributed by atoms with Gasteiger partial charge in [0.25, 0.3) is 5.78 Å². The number of hydrogen-bond acceptors (Lipinski definition) is 5. The van der Waals surface area contributed by atoms with Gasteiger partial charge < -0.3 is 10.1 Å². The second-order valence-electron chi connectivity index (χ2n) is 6.49. The maximum absolute atomic E-state index is 13.3. The smallest absolute Gasteiger partial charge is 0.254 e. The third-order valence-electron chi connectivity index (χ3n) is 4.48. The number of benzene rings is 1. The number of ether oxygens (including phenoxy) is 1. The van der Waals surface area contributed by atoms with Crippen molar-refractivity contribution in [2.45, 2.75) is 32.2 Å². The van der Waals surface area contributed by atoms with Gasteiger partial charge in [0.2, 0.25) is 5.95 Å². The van der Waals surface area contributed by atoms with E-state index in [1.54, 1.807) is 4.52 Å². The van der Waals surface area contributed by atoms with Crippen LogP contribution < -0.4 is 5.32 Å². The lowest BCUT2D eigenvalue weighted by atomic mass is 9.96. The summed E-state index contributed by atoms with van der Waals surface area (Å²) in [5.74, 6) is 0.0213. The fourth-order valence-electron chi connectivity index (χ4n) is 3.27. The van der Waals surface area contributed by atoms with E-state index in [0.29, 0.717) is 23.2 Å². The van der Waals surface area contributed by atoms with Crippen LogP contribution >= 0.6 is 0 Å². The molecule has 0 aliphatic carbocycles. The van der Waals surface area contributed by atoms with Gasteiger partial charge in [-0.05, 0) is 43.5 Å². The molecule has 1 saturated heterocycles. The number of aromatic nitrogens is 4. The molecule has 0 unspecified atom stereocenters. The zero-order chi connectivity index (χ0) is 18.1. The summed E-state index contributed by atoms with van der Waals surface area (Å²) in [6.07, 6.45) is 1.87. The maximum Gasteiger partial charge on any atom is 0.254 e. The predicted molar refractivity (Wildman–Crippen MR) is 92.0 cm³/mol. The van der Waals surface area contributed by atoms with Crippen LogP contribution in [-0.2, 0) is 11.3 Å². The van der Waals surface area contributed by atoms with E-state index in [1.807, 2.05) is 13.0 Å². The number of nitrogens with one attached hydrogen (secondary N) is 1. The Bertz CT molecular complexity index is 916. The van der Waals surface area contributed by atoms with Crippen LogP contribution in [0.2, 0.25) is 0 Å². The highest BCUT2D eigenvalue weighted by Crippen LogP contribution is 2.27. The van der Waals surface area contributed by atoms with E-state index in [1.165, 1.54) is 12.1 Å². The molecule has 0 saturated carbocycles. The number of aryl methyl sites for hydroxylation is 1. The lowest BCUT2D eigenvalue weighted by molar-refractivity contribution is 0.0840.